The molecule has 3 fully saturated rings. The Hall–Kier alpha value is -5.34. The molecule has 19 heteroatoms. The molecule has 0 spiro atoms. The van der Waals surface area contributed by atoms with Gasteiger partial charge in [0.25, 0.3) is 0 Å². The van der Waals surface area contributed by atoms with Gasteiger partial charge in [-0.3, -0.25) is 19.2 Å². The highest BCUT2D eigenvalue weighted by atomic mass is 32.2. The van der Waals surface area contributed by atoms with Crippen LogP contribution in [0.2, 0.25) is 0 Å². The second kappa shape index (κ2) is 21.4. The van der Waals surface area contributed by atoms with Crippen LogP contribution in [0, 0.1) is 22.7 Å². The minimum atomic E-state index is -2.45. The van der Waals surface area contributed by atoms with Crippen LogP contribution in [0.1, 0.15) is 110 Å². The van der Waals surface area contributed by atoms with E-state index in [2.05, 4.69) is 10.6 Å². The Labute approximate surface area is 418 Å². The Balaban J connectivity index is 1.49. The van der Waals surface area contributed by atoms with Crippen LogP contribution in [0.15, 0.2) is 71.8 Å². The van der Waals surface area contributed by atoms with Crippen LogP contribution in [-0.2, 0) is 52.4 Å². The minimum absolute atomic E-state index is 0.0458. The summed E-state index contributed by atoms with van der Waals surface area (Å²) in [6, 6.07) is 14.3. The fraction of sp³-hybridized carbons (Fsp3) is 0.596. The van der Waals surface area contributed by atoms with Crippen molar-refractivity contribution < 1.29 is 77.3 Å². The van der Waals surface area contributed by atoms with Crippen molar-refractivity contribution in [3.63, 3.8) is 0 Å². The average Bonchev–Trinajstić information content (AvgIpc) is 3.30. The van der Waals surface area contributed by atoms with E-state index in [0.717, 1.165) is 12.7 Å². The molecule has 1 heterocycles. The van der Waals surface area contributed by atoms with E-state index in [1.54, 1.807) is 81.1 Å². The van der Waals surface area contributed by atoms with E-state index in [4.69, 9.17) is 28.4 Å². The normalized spacial score (nSPS) is 30.0. The zero-order chi connectivity index (χ0) is 52.4. The zero-order valence-electron chi connectivity index (χ0n) is 42.0. The van der Waals surface area contributed by atoms with E-state index in [0.29, 0.717) is 12.2 Å². The number of rotatable bonds is 16. The molecule has 5 N–H and O–H groups in total. The number of thioether (sulfide) groups is 1. The molecule has 12 atom stereocenters. The number of amides is 2. The molecule has 6 rings (SSSR count). The Bertz CT molecular complexity index is 2370. The molecule has 0 aromatic heterocycles. The van der Waals surface area contributed by atoms with Crippen molar-refractivity contribution >= 4 is 53.4 Å². The van der Waals surface area contributed by atoms with Crippen molar-refractivity contribution in [1.29, 1.82) is 0 Å². The van der Waals surface area contributed by atoms with Gasteiger partial charge in [-0.25, -0.2) is 14.4 Å². The quantitative estimate of drug-likeness (QED) is 0.0867. The van der Waals surface area contributed by atoms with E-state index in [-0.39, 0.29) is 35.3 Å². The summed E-state index contributed by atoms with van der Waals surface area (Å²) in [5, 5.41) is 43.4. The molecule has 1 unspecified atom stereocenters. The smallest absolute Gasteiger partial charge is 0.408 e. The molecule has 2 aromatic carbocycles. The third-order valence-electron chi connectivity index (χ3n) is 14.6. The summed E-state index contributed by atoms with van der Waals surface area (Å²) in [5.74, 6) is -6.22. The summed E-state index contributed by atoms with van der Waals surface area (Å²) in [4.78, 5) is 98.3. The van der Waals surface area contributed by atoms with Crippen LogP contribution in [0.25, 0.3) is 0 Å². The second-order valence-corrected chi connectivity index (χ2v) is 21.8. The van der Waals surface area contributed by atoms with Crippen molar-refractivity contribution in [3.05, 3.63) is 82.9 Å². The Morgan fingerprint density at radius 3 is 2.14 bits per heavy atom. The number of aliphatic hydroxyl groups is 3. The molecule has 2 bridgehead atoms. The summed E-state index contributed by atoms with van der Waals surface area (Å²) < 4.78 is 36.1. The second-order valence-electron chi connectivity index (χ2n) is 20.5. The highest BCUT2D eigenvalue weighted by Gasteiger charge is 2.78. The SMILES string of the molecule is CCSCC(CC)C(=O)NCC(=O)O[C@@H](C(=O)O[C@H]1C[C@@]2(O)[C@@H](OC(=O)c3ccccc3)[C@@H]3[C@]4(OC(C)=O)CO[C@@H]4C[C@H](O)[C@@]3(C)C(=O)[C@H](O)C(=C1C)C2(C)C)[C@@H](NC(=O)OC(C)(C)C)c1ccccc1. The first-order valence-electron chi connectivity index (χ1n) is 24.0. The topological polar surface area (TPSA) is 260 Å². The van der Waals surface area contributed by atoms with Crippen molar-refractivity contribution in [2.24, 2.45) is 22.7 Å². The third kappa shape index (κ3) is 10.8. The first-order chi connectivity index (χ1) is 33.3. The number of aliphatic hydroxyl groups excluding tert-OH is 2. The lowest BCUT2D eigenvalue weighted by molar-refractivity contribution is -0.346. The molecule has 4 aliphatic rings. The molecule has 3 aliphatic carbocycles. The van der Waals surface area contributed by atoms with Crippen molar-refractivity contribution in [2.75, 3.05) is 24.7 Å². The number of hydrogen-bond acceptors (Lipinski definition) is 17. The van der Waals surface area contributed by atoms with E-state index in [1.165, 1.54) is 39.8 Å². The number of nitrogens with one attached hydrogen (secondary N) is 2. The number of carbonyl (C=O) groups is 7. The van der Waals surface area contributed by atoms with Gasteiger partial charge in [-0.2, -0.15) is 11.8 Å². The molecule has 388 valence electrons. The molecular formula is C52H68N2O16S. The molecule has 2 aromatic rings. The summed E-state index contributed by atoms with van der Waals surface area (Å²) in [5.41, 5.74) is -8.77. The molecule has 2 amide bonds. The Morgan fingerprint density at radius 2 is 1.58 bits per heavy atom. The van der Waals surface area contributed by atoms with Gasteiger partial charge in [0.1, 0.15) is 48.2 Å². The molecule has 1 aliphatic heterocycles. The monoisotopic (exact) mass is 1010 g/mol. The molecule has 18 nitrogen and oxygen atoms in total. The summed E-state index contributed by atoms with van der Waals surface area (Å²) >= 11 is 1.56. The van der Waals surface area contributed by atoms with Gasteiger partial charge >= 0.3 is 30.0 Å². The van der Waals surface area contributed by atoms with Gasteiger partial charge in [0.05, 0.1) is 29.6 Å². The molecule has 2 saturated carbocycles. The van der Waals surface area contributed by atoms with Crippen LogP contribution in [0.3, 0.4) is 0 Å². The van der Waals surface area contributed by atoms with Crippen LogP contribution in [0.5, 0.6) is 0 Å². The van der Waals surface area contributed by atoms with E-state index in [9.17, 15) is 39.3 Å². The van der Waals surface area contributed by atoms with Crippen molar-refractivity contribution in [3.8, 4) is 0 Å². The van der Waals surface area contributed by atoms with Crippen LogP contribution in [0.4, 0.5) is 4.79 Å². The number of Topliss-reactive ketones (excluding diaryl/α,β-unsaturated/α-hetero) is 1. The lowest BCUT2D eigenvalue weighted by atomic mass is 9.44. The number of hydrogen-bond donors (Lipinski definition) is 5. The predicted molar refractivity (Wildman–Crippen MR) is 257 cm³/mol. The maximum Gasteiger partial charge on any atom is 0.408 e. The molecular weight excluding hydrogens is 941 g/mol. The first-order valence-corrected chi connectivity index (χ1v) is 25.1. The van der Waals surface area contributed by atoms with Crippen LogP contribution in [-0.4, -0.2) is 135 Å². The highest BCUT2D eigenvalue weighted by molar-refractivity contribution is 7.99. The van der Waals surface area contributed by atoms with Gasteiger partial charge in [0.2, 0.25) is 12.0 Å². The first kappa shape index (κ1) is 55.0. The maximum absolute atomic E-state index is 15.2. The fourth-order valence-corrected chi connectivity index (χ4v) is 11.7. The van der Waals surface area contributed by atoms with E-state index in [1.807, 2.05) is 13.8 Å². The van der Waals surface area contributed by atoms with Gasteiger partial charge in [0, 0.05) is 36.9 Å². The Kier molecular flexibility index (Phi) is 16.6. The van der Waals surface area contributed by atoms with Gasteiger partial charge < -0.3 is 54.4 Å². The minimum Gasteiger partial charge on any atom is -0.455 e. The summed E-state index contributed by atoms with van der Waals surface area (Å²) in [6.45, 7) is 14.7. The van der Waals surface area contributed by atoms with Crippen molar-refractivity contribution in [1.82, 2.24) is 10.6 Å². The van der Waals surface area contributed by atoms with Crippen LogP contribution >= 0.6 is 11.8 Å². The van der Waals surface area contributed by atoms with E-state index >= 15 is 9.59 Å². The number of carbonyl (C=O) groups excluding carboxylic acids is 7. The third-order valence-corrected chi connectivity index (χ3v) is 15.6. The van der Waals surface area contributed by atoms with Gasteiger partial charge in [-0.15, -0.1) is 0 Å². The van der Waals surface area contributed by atoms with Crippen molar-refractivity contribution in [2.45, 2.75) is 148 Å². The van der Waals surface area contributed by atoms with Gasteiger partial charge in [0.15, 0.2) is 11.4 Å². The highest BCUT2D eigenvalue weighted by Crippen LogP contribution is 2.64. The van der Waals surface area contributed by atoms with Gasteiger partial charge in [-0.1, -0.05) is 76.2 Å². The zero-order valence-corrected chi connectivity index (χ0v) is 42.8. The molecule has 71 heavy (non-hydrogen) atoms. The molecule has 1 saturated heterocycles. The van der Waals surface area contributed by atoms with E-state index < -0.39 is 137 Å². The number of ether oxygens (including phenoxy) is 6. The standard InChI is InChI=1S/C52H68N2O16S/c1-11-30(26-71-12-2)44(60)53-25-36(57)67-40(38(31-19-15-13-16-20-31)54-47(63)70-48(5,6)7)46(62)66-33-24-52(64)43(68-45(61)32-21-17-14-18-22-32)41-50(10,42(59)39(58)37(28(33)3)49(52,8)9)34(56)23-35-51(41,27-65-35)69-29(4)55/h13-22,30,33-35,38-41,43,56,58,64H,11-12,23-27H2,1-10H3,(H,53,60)(H,54,63)/t30?,33-,34-,35+,38-,39+,40+,41-,43-,50+,51-,52+/m0/s1. The van der Waals surface area contributed by atoms with Gasteiger partial charge in [-0.05, 0) is 75.6 Å². The lowest BCUT2D eigenvalue weighted by Gasteiger charge is -2.67. The number of fused-ring (bicyclic) bond motifs is 5. The number of benzene rings is 2. The fourth-order valence-electron chi connectivity index (χ4n) is 10.8. The number of esters is 4. The molecule has 0 radical (unpaired) electrons. The summed E-state index contributed by atoms with van der Waals surface area (Å²) in [6.07, 6.45) is -11.5. The largest absolute Gasteiger partial charge is 0.455 e. The Morgan fingerprint density at radius 1 is 0.944 bits per heavy atom. The maximum atomic E-state index is 15.2. The average molecular weight is 1010 g/mol. The number of ketones is 1. The summed E-state index contributed by atoms with van der Waals surface area (Å²) in [7, 11) is 0. The van der Waals surface area contributed by atoms with Crippen LogP contribution < -0.4 is 10.6 Å². The number of alkyl carbamates (subject to hydrolysis) is 1. The lowest BCUT2D eigenvalue weighted by Crippen LogP contribution is -2.81. The predicted octanol–water partition coefficient (Wildman–Crippen LogP) is 4.71.